The summed E-state index contributed by atoms with van der Waals surface area (Å²) in [4.78, 5) is 63.3. The van der Waals surface area contributed by atoms with Crippen LogP contribution in [0.15, 0.2) is 138 Å². The van der Waals surface area contributed by atoms with Gasteiger partial charge in [-0.25, -0.2) is 4.79 Å². The minimum absolute atomic E-state index is 0.0410. The lowest BCUT2D eigenvalue weighted by atomic mass is 10.1. The van der Waals surface area contributed by atoms with Crippen molar-refractivity contribution in [2.24, 2.45) is 0 Å². The number of aromatic carboxylic acids is 1. The van der Waals surface area contributed by atoms with Crippen LogP contribution in [-0.4, -0.2) is 33.7 Å². The first kappa shape index (κ1) is 35.1. The number of rotatable bonds is 12. The van der Waals surface area contributed by atoms with Crippen molar-refractivity contribution in [3.63, 3.8) is 0 Å². The second-order valence-electron chi connectivity index (χ2n) is 10.6. The topological polar surface area (TPSA) is 168 Å². The highest BCUT2D eigenvalue weighted by Crippen LogP contribution is 2.37. The van der Waals surface area contributed by atoms with Crippen LogP contribution in [-0.2, 0) is 9.59 Å². The van der Waals surface area contributed by atoms with Crippen molar-refractivity contribution >= 4 is 70.2 Å². The Bertz CT molecular complexity index is 2090. The molecule has 0 aliphatic heterocycles. The number of thioether (sulfide) groups is 1. The first-order chi connectivity index (χ1) is 24.1. The fraction of sp³-hybridized carbons (Fsp3) is 0.0270. The molecular formula is C37H27ClN4O7S. The number of carboxylic acid groups (broad SMARTS) is 1. The van der Waals surface area contributed by atoms with Crippen LogP contribution in [0.4, 0.5) is 17.1 Å². The summed E-state index contributed by atoms with van der Waals surface area (Å²) in [6.45, 7) is 0. The number of carboxylic acids is 1. The zero-order valence-electron chi connectivity index (χ0n) is 25.9. The predicted molar refractivity (Wildman–Crippen MR) is 192 cm³/mol. The van der Waals surface area contributed by atoms with Gasteiger partial charge in [-0.3, -0.25) is 24.5 Å². The third-order valence-electron chi connectivity index (χ3n) is 7.13. The number of anilines is 2. The maximum Gasteiger partial charge on any atom is 0.337 e. The highest BCUT2D eigenvalue weighted by molar-refractivity contribution is 8.00. The number of carbonyl (C=O) groups is 4. The number of nitrogens with zero attached hydrogens (tertiary/aromatic N) is 1. The number of nitrogens with one attached hydrogen (secondary N) is 3. The summed E-state index contributed by atoms with van der Waals surface area (Å²) in [6.07, 6.45) is 1.24. The van der Waals surface area contributed by atoms with E-state index in [1.54, 1.807) is 84.9 Å². The van der Waals surface area contributed by atoms with Gasteiger partial charge < -0.3 is 21.1 Å². The van der Waals surface area contributed by atoms with E-state index in [-0.39, 0.29) is 38.8 Å². The normalized spacial score (nSPS) is 11.6. The lowest BCUT2D eigenvalue weighted by Gasteiger charge is -2.18. The zero-order chi connectivity index (χ0) is 35.6. The van der Waals surface area contributed by atoms with Crippen LogP contribution >= 0.6 is 23.4 Å². The maximum atomic E-state index is 13.5. The van der Waals surface area contributed by atoms with E-state index in [0.29, 0.717) is 16.1 Å². The Labute approximate surface area is 295 Å². The number of carbonyl (C=O) groups excluding carboxylic acids is 3. The number of halogens is 1. The Morgan fingerprint density at radius 1 is 0.780 bits per heavy atom. The van der Waals surface area contributed by atoms with Crippen LogP contribution in [0, 0.1) is 10.1 Å². The largest absolute Gasteiger partial charge is 0.478 e. The van der Waals surface area contributed by atoms with Crippen molar-refractivity contribution in [2.45, 2.75) is 10.1 Å². The molecule has 0 bridgehead atoms. The summed E-state index contributed by atoms with van der Waals surface area (Å²) in [5.74, 6) is -2.94. The van der Waals surface area contributed by atoms with Crippen LogP contribution in [0.1, 0.15) is 37.1 Å². The molecular weight excluding hydrogens is 680 g/mol. The van der Waals surface area contributed by atoms with Crippen molar-refractivity contribution in [1.29, 1.82) is 0 Å². The van der Waals surface area contributed by atoms with Crippen LogP contribution < -0.4 is 16.0 Å². The molecule has 250 valence electrons. The van der Waals surface area contributed by atoms with Crippen molar-refractivity contribution < 1.29 is 29.2 Å². The fourth-order valence-electron chi connectivity index (χ4n) is 4.70. The monoisotopic (exact) mass is 706 g/mol. The van der Waals surface area contributed by atoms with E-state index < -0.39 is 33.9 Å². The number of nitro benzene ring substituents is 1. The minimum Gasteiger partial charge on any atom is -0.478 e. The number of hydrogen-bond acceptors (Lipinski definition) is 7. The van der Waals surface area contributed by atoms with E-state index in [1.165, 1.54) is 54.2 Å². The lowest BCUT2D eigenvalue weighted by Crippen LogP contribution is -2.30. The highest BCUT2D eigenvalue weighted by atomic mass is 35.5. The van der Waals surface area contributed by atoms with Gasteiger partial charge in [-0.15, -0.1) is 11.8 Å². The van der Waals surface area contributed by atoms with Crippen molar-refractivity contribution in [3.05, 3.63) is 170 Å². The molecule has 0 aliphatic carbocycles. The predicted octanol–water partition coefficient (Wildman–Crippen LogP) is 7.83. The second-order valence-corrected chi connectivity index (χ2v) is 12.2. The number of amides is 3. The molecule has 13 heteroatoms. The summed E-state index contributed by atoms with van der Waals surface area (Å²) in [7, 11) is 0. The van der Waals surface area contributed by atoms with E-state index in [4.69, 9.17) is 11.6 Å². The van der Waals surface area contributed by atoms with Gasteiger partial charge in [0.15, 0.2) is 0 Å². The van der Waals surface area contributed by atoms with E-state index in [9.17, 15) is 34.4 Å². The van der Waals surface area contributed by atoms with Crippen LogP contribution in [0.25, 0.3) is 6.08 Å². The number of benzene rings is 5. The van der Waals surface area contributed by atoms with E-state index >= 15 is 0 Å². The van der Waals surface area contributed by atoms with Gasteiger partial charge in [0.2, 0.25) is 5.91 Å². The molecule has 5 aromatic carbocycles. The SMILES string of the molecule is O=C(Nc1ccc(SC(C(=O)Nc2ccc(Cl)c(C(=O)O)c2)c2ccccc2)cc1)/C(=C/c1ccccc1[N+](=O)[O-])NC(=O)c1ccccc1. The Hall–Kier alpha value is -6.24. The molecule has 5 rings (SSSR count). The molecule has 11 nitrogen and oxygen atoms in total. The molecule has 1 atom stereocenters. The molecule has 1 unspecified atom stereocenters. The summed E-state index contributed by atoms with van der Waals surface area (Å²) >= 11 is 7.22. The van der Waals surface area contributed by atoms with Crippen LogP contribution in [0.3, 0.4) is 0 Å². The summed E-state index contributed by atoms with van der Waals surface area (Å²) in [6, 6.07) is 33.8. The molecule has 0 fully saturated rings. The van der Waals surface area contributed by atoms with Gasteiger partial charge >= 0.3 is 5.97 Å². The maximum absolute atomic E-state index is 13.5. The molecule has 0 aromatic heterocycles. The van der Waals surface area contributed by atoms with Gasteiger partial charge in [0.05, 0.1) is 21.1 Å². The van der Waals surface area contributed by atoms with E-state index in [1.807, 2.05) is 6.07 Å². The Morgan fingerprint density at radius 3 is 2.06 bits per heavy atom. The fourth-order valence-corrected chi connectivity index (χ4v) is 5.92. The molecule has 0 saturated carbocycles. The summed E-state index contributed by atoms with van der Waals surface area (Å²) < 4.78 is 0. The Morgan fingerprint density at radius 2 is 1.40 bits per heavy atom. The van der Waals surface area contributed by atoms with E-state index in [2.05, 4.69) is 16.0 Å². The molecule has 50 heavy (non-hydrogen) atoms. The number of hydrogen-bond donors (Lipinski definition) is 4. The van der Waals surface area contributed by atoms with Gasteiger partial charge in [-0.05, 0) is 72.3 Å². The highest BCUT2D eigenvalue weighted by Gasteiger charge is 2.24. The van der Waals surface area contributed by atoms with Gasteiger partial charge in [0.25, 0.3) is 17.5 Å². The Balaban J connectivity index is 1.36. The smallest absolute Gasteiger partial charge is 0.337 e. The van der Waals surface area contributed by atoms with Gasteiger partial charge in [0.1, 0.15) is 10.9 Å². The van der Waals surface area contributed by atoms with Crippen LogP contribution in [0.2, 0.25) is 5.02 Å². The van der Waals surface area contributed by atoms with Crippen molar-refractivity contribution in [2.75, 3.05) is 10.6 Å². The Kier molecular flexibility index (Phi) is 11.4. The third-order valence-corrected chi connectivity index (χ3v) is 8.73. The van der Waals surface area contributed by atoms with Gasteiger partial charge in [0, 0.05) is 27.9 Å². The van der Waals surface area contributed by atoms with Crippen LogP contribution in [0.5, 0.6) is 0 Å². The number of para-hydroxylation sites is 1. The molecule has 0 radical (unpaired) electrons. The molecule has 0 aliphatic rings. The van der Waals surface area contributed by atoms with Crippen molar-refractivity contribution in [3.8, 4) is 0 Å². The molecule has 0 saturated heterocycles. The summed E-state index contributed by atoms with van der Waals surface area (Å²) in [5, 5.41) is 28.4. The van der Waals surface area contributed by atoms with E-state index in [0.717, 1.165) is 0 Å². The first-order valence-corrected chi connectivity index (χ1v) is 16.1. The van der Waals surface area contributed by atoms with Crippen molar-refractivity contribution in [1.82, 2.24) is 5.32 Å². The molecule has 5 aromatic rings. The average molecular weight is 707 g/mol. The molecule has 4 N–H and O–H groups in total. The van der Waals surface area contributed by atoms with Gasteiger partial charge in [-0.2, -0.15) is 0 Å². The standard InChI is InChI=1S/C37H27ClN4O7S/c38-30-20-17-27(22-29(30)37(46)47)40-36(45)33(23-9-3-1-4-10-23)50-28-18-15-26(16-19-28)39-35(44)31(41-34(43)24-11-5-2-6-12-24)21-25-13-7-8-14-32(25)42(48)49/h1-22,33H,(H,39,44)(H,40,45)(H,41,43)(H,46,47)/b31-21-. The summed E-state index contributed by atoms with van der Waals surface area (Å²) in [5.41, 5.74) is 1.09. The number of nitro groups is 1. The third kappa shape index (κ3) is 9.01. The first-order valence-electron chi connectivity index (χ1n) is 14.9. The molecule has 0 heterocycles. The minimum atomic E-state index is -1.23. The molecule has 3 amide bonds. The zero-order valence-corrected chi connectivity index (χ0v) is 27.5. The second kappa shape index (κ2) is 16.2. The quantitative estimate of drug-likeness (QED) is 0.0441. The lowest BCUT2D eigenvalue weighted by molar-refractivity contribution is -0.385. The molecule has 0 spiro atoms. The van der Waals surface area contributed by atoms with Gasteiger partial charge in [-0.1, -0.05) is 72.3 Å². The average Bonchev–Trinajstić information content (AvgIpc) is 3.12.